The Hall–Kier alpha value is -7.62. The minimum Gasteiger partial charge on any atom is -0.454 e. The molecule has 60 heavy (non-hydrogen) atoms. The largest absolute Gasteiger partial charge is 0.454 e. The van der Waals surface area contributed by atoms with Crippen LogP contribution in [-0.4, -0.2) is 4.57 Å². The number of para-hydroxylation sites is 3. The van der Waals surface area contributed by atoms with Crippen LogP contribution in [0.2, 0.25) is 0 Å². The van der Waals surface area contributed by atoms with Crippen molar-refractivity contribution in [3.8, 4) is 39.1 Å². The van der Waals surface area contributed by atoms with E-state index in [0.717, 1.165) is 55.7 Å². The van der Waals surface area contributed by atoms with Crippen molar-refractivity contribution in [2.45, 2.75) is 19.3 Å². The number of hydrogen-bond acceptors (Lipinski definition) is 2. The fourth-order valence-electron chi connectivity index (χ4n) is 9.90. The molecule has 12 rings (SSSR count). The van der Waals surface area contributed by atoms with Crippen molar-refractivity contribution < 1.29 is 4.42 Å². The summed E-state index contributed by atoms with van der Waals surface area (Å²) < 4.78 is 9.26. The van der Waals surface area contributed by atoms with E-state index in [1.807, 2.05) is 0 Å². The molecule has 2 aromatic heterocycles. The lowest BCUT2D eigenvalue weighted by atomic mass is 9.82. The summed E-state index contributed by atoms with van der Waals surface area (Å²) in [6.07, 6.45) is 0. The monoisotopic (exact) mass is 768 g/mol. The van der Waals surface area contributed by atoms with Crippen molar-refractivity contribution in [1.82, 2.24) is 4.57 Å². The molecule has 1 aliphatic rings. The Labute approximate surface area is 349 Å². The van der Waals surface area contributed by atoms with Crippen LogP contribution in [0.15, 0.2) is 211 Å². The van der Waals surface area contributed by atoms with Gasteiger partial charge in [-0.25, -0.2) is 0 Å². The topological polar surface area (TPSA) is 21.3 Å². The third-order valence-corrected chi connectivity index (χ3v) is 12.8. The summed E-state index contributed by atoms with van der Waals surface area (Å²) >= 11 is 0. The molecule has 0 fully saturated rings. The SMILES string of the molecule is CC1(C)c2ccccc2-c2ccc(N(c3ccccc3)c3ccc(-n4c5ccccc5c5c(-c6ccc(-c7ccccc7)cc6)cc6c7ccccc7oc6c54)cc3)cc21. The van der Waals surface area contributed by atoms with Gasteiger partial charge in [-0.05, 0) is 111 Å². The molecule has 0 radical (unpaired) electrons. The van der Waals surface area contributed by atoms with Crippen LogP contribution in [0.5, 0.6) is 0 Å². The third-order valence-electron chi connectivity index (χ3n) is 12.8. The molecule has 0 spiro atoms. The zero-order valence-electron chi connectivity index (χ0n) is 33.4. The third kappa shape index (κ3) is 5.15. The van der Waals surface area contributed by atoms with Crippen LogP contribution in [0.1, 0.15) is 25.0 Å². The lowest BCUT2D eigenvalue weighted by Crippen LogP contribution is -2.16. The van der Waals surface area contributed by atoms with Crippen LogP contribution in [0.4, 0.5) is 17.1 Å². The molecule has 284 valence electrons. The fraction of sp³-hybridized carbons (Fsp3) is 0.0526. The molecule has 0 atom stereocenters. The number of hydrogen-bond donors (Lipinski definition) is 0. The van der Waals surface area contributed by atoms with E-state index >= 15 is 0 Å². The van der Waals surface area contributed by atoms with Crippen LogP contribution < -0.4 is 4.90 Å². The maximum atomic E-state index is 6.85. The maximum Gasteiger partial charge on any atom is 0.160 e. The number of anilines is 3. The molecular formula is C57H40N2O. The zero-order chi connectivity index (χ0) is 40.0. The normalized spacial score (nSPS) is 13.0. The van der Waals surface area contributed by atoms with Gasteiger partial charge in [0.25, 0.3) is 0 Å². The smallest absolute Gasteiger partial charge is 0.160 e. The van der Waals surface area contributed by atoms with Crippen LogP contribution in [-0.2, 0) is 5.41 Å². The predicted molar refractivity (Wildman–Crippen MR) is 251 cm³/mol. The molecule has 0 unspecified atom stereocenters. The standard InChI is InChI=1S/C57H40N2O/c1-57(2)50-22-12-9-19-44(50)45-34-33-43(35-51(45)57)58(40-17-7-4-8-18-40)41-29-31-42(32-30-41)59-52-23-13-10-21-47(52)54-48(39-27-25-38(26-28-39)37-15-5-3-6-16-37)36-49-46-20-11-14-24-53(46)60-56(49)55(54)59/h3-36H,1-2H3. The highest BCUT2D eigenvalue weighted by Gasteiger charge is 2.35. The molecule has 3 heteroatoms. The molecule has 0 saturated heterocycles. The van der Waals surface area contributed by atoms with Gasteiger partial charge in [-0.3, -0.25) is 0 Å². The Kier molecular flexibility index (Phi) is 7.58. The van der Waals surface area contributed by atoms with Crippen molar-refractivity contribution in [3.63, 3.8) is 0 Å². The Balaban J connectivity index is 1.05. The van der Waals surface area contributed by atoms with Crippen LogP contribution in [0.25, 0.3) is 82.8 Å². The van der Waals surface area contributed by atoms with Crippen molar-refractivity contribution in [1.29, 1.82) is 0 Å². The highest BCUT2D eigenvalue weighted by molar-refractivity contribution is 6.26. The average Bonchev–Trinajstić information content (AvgIpc) is 3.93. The van der Waals surface area contributed by atoms with E-state index in [0.29, 0.717) is 0 Å². The molecule has 11 aromatic rings. The van der Waals surface area contributed by atoms with Crippen LogP contribution >= 0.6 is 0 Å². The van der Waals surface area contributed by atoms with E-state index in [2.05, 4.69) is 230 Å². The number of nitrogens with zero attached hydrogens (tertiary/aromatic N) is 2. The first-order valence-corrected chi connectivity index (χ1v) is 20.8. The average molecular weight is 769 g/mol. The predicted octanol–water partition coefficient (Wildman–Crippen LogP) is 15.8. The van der Waals surface area contributed by atoms with Crippen molar-refractivity contribution in [2.75, 3.05) is 4.90 Å². The van der Waals surface area contributed by atoms with Gasteiger partial charge in [-0.2, -0.15) is 0 Å². The summed E-state index contributed by atoms with van der Waals surface area (Å²) in [4.78, 5) is 2.38. The molecule has 9 aromatic carbocycles. The van der Waals surface area contributed by atoms with Gasteiger partial charge in [0.15, 0.2) is 5.58 Å². The minimum absolute atomic E-state index is 0.102. The number of rotatable bonds is 6. The molecule has 0 saturated carbocycles. The van der Waals surface area contributed by atoms with Gasteiger partial charge in [0, 0.05) is 49.7 Å². The second-order valence-corrected chi connectivity index (χ2v) is 16.5. The lowest BCUT2D eigenvalue weighted by molar-refractivity contribution is 0.660. The summed E-state index contributed by atoms with van der Waals surface area (Å²) in [5.74, 6) is 0. The number of aromatic nitrogens is 1. The van der Waals surface area contributed by atoms with Crippen molar-refractivity contribution in [3.05, 3.63) is 217 Å². The molecule has 0 N–H and O–H groups in total. The first-order valence-electron chi connectivity index (χ1n) is 20.8. The molecule has 0 aliphatic heterocycles. The van der Waals surface area contributed by atoms with E-state index in [1.165, 1.54) is 55.3 Å². The fourth-order valence-corrected chi connectivity index (χ4v) is 9.90. The van der Waals surface area contributed by atoms with E-state index in [4.69, 9.17) is 4.42 Å². The number of fused-ring (bicyclic) bond motifs is 10. The highest BCUT2D eigenvalue weighted by atomic mass is 16.3. The second-order valence-electron chi connectivity index (χ2n) is 16.5. The van der Waals surface area contributed by atoms with Crippen LogP contribution in [0, 0.1) is 0 Å². The van der Waals surface area contributed by atoms with Crippen molar-refractivity contribution >= 4 is 60.8 Å². The zero-order valence-corrected chi connectivity index (χ0v) is 33.4. The summed E-state index contributed by atoms with van der Waals surface area (Å²) in [7, 11) is 0. The van der Waals surface area contributed by atoms with Crippen molar-refractivity contribution in [2.24, 2.45) is 0 Å². The Morgan fingerprint density at radius 3 is 1.83 bits per heavy atom. The molecule has 3 nitrogen and oxygen atoms in total. The molecular weight excluding hydrogens is 729 g/mol. The van der Waals surface area contributed by atoms with Gasteiger partial charge < -0.3 is 13.9 Å². The van der Waals surface area contributed by atoms with Gasteiger partial charge in [0.2, 0.25) is 0 Å². The summed E-state index contributed by atoms with van der Waals surface area (Å²) in [5.41, 5.74) is 18.4. The molecule has 1 aliphatic carbocycles. The molecule has 0 amide bonds. The van der Waals surface area contributed by atoms with Gasteiger partial charge in [0.1, 0.15) is 5.58 Å². The van der Waals surface area contributed by atoms with E-state index < -0.39 is 0 Å². The van der Waals surface area contributed by atoms with E-state index in [1.54, 1.807) is 0 Å². The highest BCUT2D eigenvalue weighted by Crippen LogP contribution is 2.51. The first-order chi connectivity index (χ1) is 29.5. The maximum absolute atomic E-state index is 6.85. The van der Waals surface area contributed by atoms with E-state index in [-0.39, 0.29) is 5.41 Å². The second kappa shape index (κ2) is 13.2. The first kappa shape index (κ1) is 34.4. The van der Waals surface area contributed by atoms with Crippen LogP contribution in [0.3, 0.4) is 0 Å². The molecule has 2 heterocycles. The van der Waals surface area contributed by atoms with E-state index in [9.17, 15) is 0 Å². The van der Waals surface area contributed by atoms with Gasteiger partial charge in [0.05, 0.1) is 11.0 Å². The molecule has 0 bridgehead atoms. The Morgan fingerprint density at radius 1 is 0.433 bits per heavy atom. The summed E-state index contributed by atoms with van der Waals surface area (Å²) in [5, 5.41) is 4.59. The Morgan fingerprint density at radius 2 is 1.03 bits per heavy atom. The Bertz CT molecular complexity index is 3430. The summed E-state index contributed by atoms with van der Waals surface area (Å²) in [6.45, 7) is 4.69. The number of furan rings is 1. The lowest BCUT2D eigenvalue weighted by Gasteiger charge is -2.28. The van der Waals surface area contributed by atoms with Gasteiger partial charge in [-0.1, -0.05) is 153 Å². The quantitative estimate of drug-likeness (QED) is 0.168. The number of benzene rings is 9. The van der Waals surface area contributed by atoms with Gasteiger partial charge >= 0.3 is 0 Å². The minimum atomic E-state index is -0.102. The summed E-state index contributed by atoms with van der Waals surface area (Å²) in [6, 6.07) is 74.7. The van der Waals surface area contributed by atoms with Gasteiger partial charge in [-0.15, -0.1) is 0 Å².